The number of Topliss-reactive ketones (excluding diaryl/α,β-unsaturated/α-hetero) is 1. The second-order valence-electron chi connectivity index (χ2n) is 5.74. The van der Waals surface area contributed by atoms with Gasteiger partial charge in [-0.1, -0.05) is 24.1 Å². The first-order valence-electron chi connectivity index (χ1n) is 6.87. The molecule has 2 aliphatic carbocycles. The van der Waals surface area contributed by atoms with Crippen molar-refractivity contribution in [3.05, 3.63) is 29.3 Å². The van der Waals surface area contributed by atoms with E-state index in [1.807, 2.05) is 12.1 Å². The number of carbonyl (C=O) groups excluding carboxylic acids is 1. The molecule has 0 N–H and O–H groups in total. The van der Waals surface area contributed by atoms with E-state index < -0.39 is 0 Å². The summed E-state index contributed by atoms with van der Waals surface area (Å²) in [5, 5.41) is 0. The van der Waals surface area contributed by atoms with E-state index in [2.05, 4.69) is 13.0 Å². The summed E-state index contributed by atoms with van der Waals surface area (Å²) in [6.07, 6.45) is 4.41. The molecule has 2 unspecified atom stereocenters. The van der Waals surface area contributed by atoms with Crippen LogP contribution in [0, 0.1) is 24.7 Å². The summed E-state index contributed by atoms with van der Waals surface area (Å²) in [5.41, 5.74) is 2.24. The maximum Gasteiger partial charge on any atom is 0.141 e. The molecule has 0 heterocycles. The molecule has 2 aliphatic rings. The third-order valence-corrected chi connectivity index (χ3v) is 4.58. The fourth-order valence-corrected chi connectivity index (χ4v) is 3.65. The molecule has 0 bridgehead atoms. The molecule has 0 amide bonds. The number of rotatable bonds is 4. The zero-order valence-corrected chi connectivity index (χ0v) is 11.1. The summed E-state index contributed by atoms with van der Waals surface area (Å²) in [4.78, 5) is 12.3. The van der Waals surface area contributed by atoms with E-state index in [1.54, 1.807) is 7.11 Å². The van der Waals surface area contributed by atoms with Crippen LogP contribution in [0.3, 0.4) is 0 Å². The van der Waals surface area contributed by atoms with Crippen LogP contribution >= 0.6 is 0 Å². The number of aryl methyl sites for hydroxylation is 1. The highest BCUT2D eigenvalue weighted by Gasteiger charge is 2.55. The number of ketones is 1. The van der Waals surface area contributed by atoms with Crippen LogP contribution in [-0.2, 0) is 11.2 Å². The van der Waals surface area contributed by atoms with Gasteiger partial charge in [0.2, 0.25) is 0 Å². The quantitative estimate of drug-likeness (QED) is 0.813. The van der Waals surface area contributed by atoms with Crippen LogP contribution in [0.25, 0.3) is 0 Å². The molecule has 3 rings (SSSR count). The van der Waals surface area contributed by atoms with Crippen molar-refractivity contribution in [1.82, 2.24) is 0 Å². The van der Waals surface area contributed by atoms with Crippen molar-refractivity contribution in [3.8, 4) is 5.75 Å². The van der Waals surface area contributed by atoms with Gasteiger partial charge in [-0.2, -0.15) is 0 Å². The van der Waals surface area contributed by atoms with Crippen LogP contribution < -0.4 is 4.74 Å². The van der Waals surface area contributed by atoms with E-state index >= 15 is 0 Å². The third-order valence-electron chi connectivity index (χ3n) is 4.58. The molecule has 2 fully saturated rings. The Morgan fingerprint density at radius 2 is 2.06 bits per heavy atom. The van der Waals surface area contributed by atoms with E-state index in [-0.39, 0.29) is 0 Å². The number of ether oxygens (including phenoxy) is 1. The maximum absolute atomic E-state index is 12.3. The Morgan fingerprint density at radius 3 is 2.72 bits per heavy atom. The SMILES string of the molecule is COc1ccc(C)cc1CC(=O)C1C2CCCC21. The molecule has 1 aromatic rings. The number of hydrogen-bond donors (Lipinski definition) is 0. The van der Waals surface area contributed by atoms with E-state index in [1.165, 1.54) is 24.8 Å². The lowest BCUT2D eigenvalue weighted by Gasteiger charge is -2.09. The van der Waals surface area contributed by atoms with Gasteiger partial charge >= 0.3 is 0 Å². The first kappa shape index (κ1) is 11.8. The van der Waals surface area contributed by atoms with Gasteiger partial charge in [0.15, 0.2) is 0 Å². The predicted molar refractivity (Wildman–Crippen MR) is 70.8 cm³/mol. The maximum atomic E-state index is 12.3. The van der Waals surface area contributed by atoms with Gasteiger partial charge in [0.1, 0.15) is 11.5 Å². The molecule has 18 heavy (non-hydrogen) atoms. The predicted octanol–water partition coefficient (Wildman–Crippen LogP) is 3.16. The van der Waals surface area contributed by atoms with Gasteiger partial charge in [0.25, 0.3) is 0 Å². The van der Waals surface area contributed by atoms with Gasteiger partial charge in [0, 0.05) is 17.9 Å². The first-order valence-corrected chi connectivity index (χ1v) is 6.87. The van der Waals surface area contributed by atoms with E-state index in [9.17, 15) is 4.79 Å². The summed E-state index contributed by atoms with van der Waals surface area (Å²) >= 11 is 0. The Bertz CT molecular complexity index is 468. The van der Waals surface area contributed by atoms with Crippen molar-refractivity contribution in [2.24, 2.45) is 17.8 Å². The number of hydrogen-bond acceptors (Lipinski definition) is 2. The van der Waals surface area contributed by atoms with Gasteiger partial charge in [0.05, 0.1) is 7.11 Å². The Kier molecular flexibility index (Phi) is 2.89. The standard InChI is InChI=1S/C16H20O2/c1-10-6-7-15(18-2)11(8-10)9-14(17)16-12-4-3-5-13(12)16/h6-8,12-13,16H,3-5,9H2,1-2H3. The van der Waals surface area contributed by atoms with Crippen molar-refractivity contribution < 1.29 is 9.53 Å². The van der Waals surface area contributed by atoms with Crippen LogP contribution in [0.5, 0.6) is 5.75 Å². The molecule has 0 aliphatic heterocycles. The number of fused-ring (bicyclic) bond motifs is 1. The van der Waals surface area contributed by atoms with Crippen molar-refractivity contribution in [1.29, 1.82) is 0 Å². The van der Waals surface area contributed by atoms with Crippen LogP contribution in [0.2, 0.25) is 0 Å². The summed E-state index contributed by atoms with van der Waals surface area (Å²) in [6, 6.07) is 6.07. The normalized spacial score (nSPS) is 28.9. The van der Waals surface area contributed by atoms with Crippen molar-refractivity contribution in [3.63, 3.8) is 0 Å². The summed E-state index contributed by atoms with van der Waals surface area (Å²) in [7, 11) is 1.67. The number of methoxy groups -OCH3 is 1. The van der Waals surface area contributed by atoms with E-state index in [0.29, 0.717) is 30.0 Å². The van der Waals surface area contributed by atoms with Crippen LogP contribution in [0.1, 0.15) is 30.4 Å². The molecular weight excluding hydrogens is 224 g/mol. The molecular formula is C16H20O2. The highest BCUT2D eigenvalue weighted by atomic mass is 16.5. The monoisotopic (exact) mass is 244 g/mol. The highest BCUT2D eigenvalue weighted by Crippen LogP contribution is 2.58. The minimum absolute atomic E-state index is 0.365. The molecule has 2 atom stereocenters. The Balaban J connectivity index is 1.72. The van der Waals surface area contributed by atoms with Gasteiger partial charge in [-0.05, 0) is 37.7 Å². The van der Waals surface area contributed by atoms with E-state index in [0.717, 1.165) is 11.3 Å². The lowest BCUT2D eigenvalue weighted by Crippen LogP contribution is -2.10. The Labute approximate surface area is 108 Å². The zero-order chi connectivity index (χ0) is 12.7. The second-order valence-corrected chi connectivity index (χ2v) is 5.74. The molecule has 2 nitrogen and oxygen atoms in total. The highest BCUT2D eigenvalue weighted by molar-refractivity contribution is 5.87. The summed E-state index contributed by atoms with van der Waals surface area (Å²) < 4.78 is 5.34. The average molecular weight is 244 g/mol. The lowest BCUT2D eigenvalue weighted by molar-refractivity contribution is -0.120. The minimum atomic E-state index is 0.365. The topological polar surface area (TPSA) is 26.3 Å². The van der Waals surface area contributed by atoms with Crippen LogP contribution in [0.4, 0.5) is 0 Å². The largest absolute Gasteiger partial charge is 0.496 e. The molecule has 1 aromatic carbocycles. The van der Waals surface area contributed by atoms with Gasteiger partial charge in [-0.3, -0.25) is 4.79 Å². The summed E-state index contributed by atoms with van der Waals surface area (Å²) in [5.74, 6) is 3.07. The number of benzene rings is 1. The molecule has 96 valence electrons. The van der Waals surface area contributed by atoms with Crippen molar-refractivity contribution in [2.45, 2.75) is 32.6 Å². The van der Waals surface area contributed by atoms with Gasteiger partial charge in [-0.15, -0.1) is 0 Å². The first-order chi connectivity index (χ1) is 8.70. The molecule has 0 aromatic heterocycles. The Hall–Kier alpha value is -1.31. The second kappa shape index (κ2) is 4.42. The molecule has 0 spiro atoms. The summed E-state index contributed by atoms with van der Waals surface area (Å²) in [6.45, 7) is 2.05. The van der Waals surface area contributed by atoms with Crippen molar-refractivity contribution in [2.75, 3.05) is 7.11 Å². The molecule has 2 heteroatoms. The minimum Gasteiger partial charge on any atom is -0.496 e. The van der Waals surface area contributed by atoms with Gasteiger partial charge in [-0.25, -0.2) is 0 Å². The van der Waals surface area contributed by atoms with Crippen LogP contribution in [0.15, 0.2) is 18.2 Å². The third kappa shape index (κ3) is 1.94. The molecule has 2 saturated carbocycles. The zero-order valence-electron chi connectivity index (χ0n) is 11.1. The smallest absolute Gasteiger partial charge is 0.141 e. The molecule has 0 radical (unpaired) electrons. The fraction of sp³-hybridized carbons (Fsp3) is 0.562. The van der Waals surface area contributed by atoms with Crippen molar-refractivity contribution >= 4 is 5.78 Å². The molecule has 0 saturated heterocycles. The van der Waals surface area contributed by atoms with Crippen LogP contribution in [-0.4, -0.2) is 12.9 Å². The lowest BCUT2D eigenvalue weighted by atomic mass is 9.99. The number of carbonyl (C=O) groups is 1. The Morgan fingerprint density at radius 1 is 1.33 bits per heavy atom. The fourth-order valence-electron chi connectivity index (χ4n) is 3.65. The van der Waals surface area contributed by atoms with E-state index in [4.69, 9.17) is 4.74 Å². The van der Waals surface area contributed by atoms with Gasteiger partial charge < -0.3 is 4.74 Å². The average Bonchev–Trinajstić information content (AvgIpc) is 2.84.